The van der Waals surface area contributed by atoms with Crippen LogP contribution in [0, 0.1) is 11.8 Å². The van der Waals surface area contributed by atoms with Gasteiger partial charge in [0.25, 0.3) is 0 Å². The van der Waals surface area contributed by atoms with Crippen molar-refractivity contribution in [2.45, 2.75) is 50.7 Å². The third kappa shape index (κ3) is 2.58. The van der Waals surface area contributed by atoms with E-state index in [1.807, 2.05) is 23.0 Å². The summed E-state index contributed by atoms with van der Waals surface area (Å²) in [6, 6.07) is 1.91. The van der Waals surface area contributed by atoms with Crippen molar-refractivity contribution in [2.75, 3.05) is 0 Å². The van der Waals surface area contributed by atoms with Crippen LogP contribution in [0.25, 0.3) is 0 Å². The van der Waals surface area contributed by atoms with Gasteiger partial charge in [0.15, 0.2) is 0 Å². The fourth-order valence-electron chi connectivity index (χ4n) is 2.93. The molecule has 0 bridgehead atoms. The summed E-state index contributed by atoms with van der Waals surface area (Å²) in [4.78, 5) is 0. The lowest BCUT2D eigenvalue weighted by Gasteiger charge is -2.12. The Labute approximate surface area is 106 Å². The van der Waals surface area contributed by atoms with E-state index in [2.05, 4.69) is 0 Å². The zero-order valence-corrected chi connectivity index (χ0v) is 10.4. The molecule has 2 aliphatic rings. The number of aliphatic hydroxyl groups is 1. The quantitative estimate of drug-likeness (QED) is 0.876. The highest BCUT2D eigenvalue weighted by Gasteiger charge is 2.39. The van der Waals surface area contributed by atoms with Crippen molar-refractivity contribution in [3.05, 3.63) is 24.0 Å². The summed E-state index contributed by atoms with van der Waals surface area (Å²) in [5, 5.41) is 9.98. The summed E-state index contributed by atoms with van der Waals surface area (Å²) in [6.07, 6.45) is 6.28. The van der Waals surface area contributed by atoms with Crippen LogP contribution in [0.5, 0.6) is 0 Å². The van der Waals surface area contributed by atoms with Gasteiger partial charge in [-0.2, -0.15) is 0 Å². The van der Waals surface area contributed by atoms with Crippen molar-refractivity contribution in [1.82, 2.24) is 4.57 Å². The molecule has 0 amide bonds. The molecule has 0 aromatic carbocycles. The summed E-state index contributed by atoms with van der Waals surface area (Å²) in [5.41, 5.74) is 0.933. The molecule has 0 spiro atoms. The molecule has 3 rings (SSSR count). The topological polar surface area (TPSA) is 25.2 Å². The molecule has 0 radical (unpaired) electrons. The van der Waals surface area contributed by atoms with Crippen LogP contribution in [0.3, 0.4) is 0 Å². The lowest BCUT2D eigenvalue weighted by molar-refractivity contribution is 0.00436. The molecule has 0 saturated heterocycles. The molecule has 2 unspecified atom stereocenters. The Bertz CT molecular complexity index is 425. The second-order valence-corrected chi connectivity index (χ2v) is 5.89. The van der Waals surface area contributed by atoms with Gasteiger partial charge >= 0.3 is 0 Å². The zero-order valence-electron chi connectivity index (χ0n) is 10.4. The molecule has 2 atom stereocenters. The van der Waals surface area contributed by atoms with Gasteiger partial charge in [-0.1, -0.05) is 0 Å². The van der Waals surface area contributed by atoms with Crippen LogP contribution >= 0.6 is 0 Å². The summed E-state index contributed by atoms with van der Waals surface area (Å²) < 4.78 is 28.1. The summed E-state index contributed by atoms with van der Waals surface area (Å²) >= 11 is 0. The zero-order chi connectivity index (χ0) is 12.8. The van der Waals surface area contributed by atoms with Crippen LogP contribution in [-0.2, 0) is 6.54 Å². The second-order valence-electron chi connectivity index (χ2n) is 5.89. The molecule has 2 nitrogen and oxygen atoms in total. The van der Waals surface area contributed by atoms with E-state index < -0.39 is 5.92 Å². The Morgan fingerprint density at radius 1 is 1.39 bits per heavy atom. The highest BCUT2D eigenvalue weighted by Crippen LogP contribution is 2.42. The maximum absolute atomic E-state index is 13.1. The molecule has 0 aliphatic heterocycles. The average molecular weight is 255 g/mol. The minimum Gasteiger partial charge on any atom is -0.388 e. The molecular formula is C14H19F2NO. The minimum absolute atomic E-state index is 0.00565. The molecule has 18 heavy (non-hydrogen) atoms. The molecule has 1 aromatic rings. The van der Waals surface area contributed by atoms with Crippen LogP contribution < -0.4 is 0 Å². The molecule has 2 fully saturated rings. The van der Waals surface area contributed by atoms with Gasteiger partial charge in [-0.15, -0.1) is 0 Å². The first-order chi connectivity index (χ1) is 8.53. The minimum atomic E-state index is -2.46. The van der Waals surface area contributed by atoms with Crippen LogP contribution in [0.15, 0.2) is 18.5 Å². The molecule has 4 heteroatoms. The predicted molar refractivity (Wildman–Crippen MR) is 64.4 cm³/mol. The molecule has 1 aromatic heterocycles. The maximum Gasteiger partial charge on any atom is 0.248 e. The Morgan fingerprint density at radius 3 is 2.78 bits per heavy atom. The van der Waals surface area contributed by atoms with Gasteiger partial charge in [0, 0.05) is 31.8 Å². The highest BCUT2D eigenvalue weighted by molar-refractivity contribution is 5.16. The molecule has 1 N–H and O–H groups in total. The van der Waals surface area contributed by atoms with Gasteiger partial charge in [-0.25, -0.2) is 8.78 Å². The molecule has 100 valence electrons. The van der Waals surface area contributed by atoms with Crippen LogP contribution in [0.4, 0.5) is 8.78 Å². The Morgan fingerprint density at radius 2 is 2.17 bits per heavy atom. The van der Waals surface area contributed by atoms with Gasteiger partial charge in [-0.05, 0) is 42.7 Å². The standard InChI is InChI=1S/C14H19F2NO/c15-14(16)5-3-10(7-14)8-17-6-4-12(9-17)13(18)11-1-2-11/h4,6,9-11,13,18H,1-3,5,7-8H2. The molecule has 1 heterocycles. The predicted octanol–water partition coefficient (Wildman–Crippen LogP) is 3.37. The number of halogens is 2. The van der Waals surface area contributed by atoms with Crippen LogP contribution in [0.1, 0.15) is 43.8 Å². The van der Waals surface area contributed by atoms with Crippen molar-refractivity contribution in [3.63, 3.8) is 0 Å². The third-order valence-corrected chi connectivity index (χ3v) is 4.16. The Balaban J connectivity index is 1.60. The number of rotatable bonds is 4. The van der Waals surface area contributed by atoms with Crippen molar-refractivity contribution in [2.24, 2.45) is 11.8 Å². The molecular weight excluding hydrogens is 236 g/mol. The lowest BCUT2D eigenvalue weighted by atomic mass is 10.1. The monoisotopic (exact) mass is 255 g/mol. The van der Waals surface area contributed by atoms with E-state index in [-0.39, 0.29) is 24.9 Å². The van der Waals surface area contributed by atoms with Gasteiger partial charge in [0.2, 0.25) is 5.92 Å². The number of nitrogens with zero attached hydrogens (tertiary/aromatic N) is 1. The fraction of sp³-hybridized carbons (Fsp3) is 0.714. The van der Waals surface area contributed by atoms with E-state index >= 15 is 0 Å². The summed E-state index contributed by atoms with van der Waals surface area (Å²) in [6.45, 7) is 0.646. The lowest BCUT2D eigenvalue weighted by Crippen LogP contribution is -2.12. The largest absolute Gasteiger partial charge is 0.388 e. The first-order valence-corrected chi connectivity index (χ1v) is 6.75. The van der Waals surface area contributed by atoms with E-state index in [0.717, 1.165) is 18.4 Å². The van der Waals surface area contributed by atoms with Gasteiger partial charge in [0.05, 0.1) is 6.10 Å². The van der Waals surface area contributed by atoms with Crippen LogP contribution in [-0.4, -0.2) is 15.6 Å². The molecule has 2 aliphatic carbocycles. The van der Waals surface area contributed by atoms with Crippen molar-refractivity contribution in [1.29, 1.82) is 0 Å². The number of aliphatic hydroxyl groups excluding tert-OH is 1. The third-order valence-electron chi connectivity index (χ3n) is 4.16. The van der Waals surface area contributed by atoms with E-state index in [1.165, 1.54) is 0 Å². The Hall–Kier alpha value is -0.900. The van der Waals surface area contributed by atoms with Crippen molar-refractivity contribution >= 4 is 0 Å². The number of aromatic nitrogens is 1. The number of hydrogen-bond acceptors (Lipinski definition) is 1. The first-order valence-electron chi connectivity index (χ1n) is 6.75. The summed E-state index contributed by atoms with van der Waals surface area (Å²) in [5.74, 6) is -1.98. The first kappa shape index (κ1) is 12.2. The van der Waals surface area contributed by atoms with E-state index in [0.29, 0.717) is 18.9 Å². The SMILES string of the molecule is OC(c1ccn(CC2CCC(F)(F)C2)c1)C1CC1. The normalized spacial score (nSPS) is 28.5. The highest BCUT2D eigenvalue weighted by atomic mass is 19.3. The Kier molecular flexibility index (Phi) is 2.93. The van der Waals surface area contributed by atoms with Crippen molar-refractivity contribution < 1.29 is 13.9 Å². The maximum atomic E-state index is 13.1. The average Bonchev–Trinajstić information content (AvgIpc) is 2.97. The second kappa shape index (κ2) is 4.34. The smallest absolute Gasteiger partial charge is 0.248 e. The number of hydrogen-bond donors (Lipinski definition) is 1. The van der Waals surface area contributed by atoms with Gasteiger partial charge < -0.3 is 9.67 Å². The van der Waals surface area contributed by atoms with E-state index in [9.17, 15) is 13.9 Å². The fourth-order valence-corrected chi connectivity index (χ4v) is 2.93. The van der Waals surface area contributed by atoms with E-state index in [4.69, 9.17) is 0 Å². The summed E-state index contributed by atoms with van der Waals surface area (Å²) in [7, 11) is 0. The van der Waals surface area contributed by atoms with Crippen LogP contribution in [0.2, 0.25) is 0 Å². The van der Waals surface area contributed by atoms with Gasteiger partial charge in [-0.3, -0.25) is 0 Å². The van der Waals surface area contributed by atoms with E-state index in [1.54, 1.807) is 0 Å². The number of alkyl halides is 2. The molecule has 2 saturated carbocycles. The van der Waals surface area contributed by atoms with Crippen molar-refractivity contribution in [3.8, 4) is 0 Å². The van der Waals surface area contributed by atoms with Gasteiger partial charge in [0.1, 0.15) is 0 Å².